The van der Waals surface area contributed by atoms with Crippen LogP contribution in [0, 0.1) is 12.7 Å². The number of carbonyl (C=O) groups excluding carboxylic acids is 1. The molecular formula is C22H24ClFN4O5. The maximum atomic E-state index is 13.3. The lowest BCUT2D eigenvalue weighted by atomic mass is 9.91. The Balaban J connectivity index is 1.43. The number of aliphatic hydroxyl groups is 1. The standard InChI is InChI=1S/C22H24ClFN4O5/c1-12-26-17(19-7-22(2,33-28-19)20-11-31-14(9-29)10-32-20)6-18(27-12)21(30)25-8-13-3-4-16(24)15(23)5-13/h3-6,14,20,29H,7-11H2,1-2H3,(H,25,30). The molecule has 0 spiro atoms. The van der Waals surface area contributed by atoms with Crippen molar-refractivity contribution in [2.75, 3.05) is 19.8 Å². The predicted octanol–water partition coefficient (Wildman–Crippen LogP) is 2.17. The highest BCUT2D eigenvalue weighted by Crippen LogP contribution is 2.33. The van der Waals surface area contributed by atoms with Gasteiger partial charge in [-0.2, -0.15) is 0 Å². The van der Waals surface area contributed by atoms with Crippen LogP contribution in [0.3, 0.4) is 0 Å². The summed E-state index contributed by atoms with van der Waals surface area (Å²) in [5.41, 5.74) is 1.11. The summed E-state index contributed by atoms with van der Waals surface area (Å²) in [4.78, 5) is 27.0. The molecule has 1 aromatic carbocycles. The van der Waals surface area contributed by atoms with Crippen molar-refractivity contribution >= 4 is 23.2 Å². The van der Waals surface area contributed by atoms with Gasteiger partial charge in [0, 0.05) is 13.0 Å². The van der Waals surface area contributed by atoms with Crippen LogP contribution in [0.25, 0.3) is 0 Å². The van der Waals surface area contributed by atoms with Gasteiger partial charge in [0.2, 0.25) is 0 Å². The Bertz CT molecular complexity index is 1080. The molecule has 3 atom stereocenters. The van der Waals surface area contributed by atoms with Crippen molar-refractivity contribution in [1.82, 2.24) is 15.3 Å². The molecule has 33 heavy (non-hydrogen) atoms. The number of ether oxygens (including phenoxy) is 2. The summed E-state index contributed by atoms with van der Waals surface area (Å²) < 4.78 is 24.7. The molecule has 0 saturated carbocycles. The molecule has 176 valence electrons. The summed E-state index contributed by atoms with van der Waals surface area (Å²) in [6, 6.07) is 5.80. The van der Waals surface area contributed by atoms with Crippen LogP contribution in [0.4, 0.5) is 4.39 Å². The zero-order valence-electron chi connectivity index (χ0n) is 18.2. The van der Waals surface area contributed by atoms with Gasteiger partial charge in [0.1, 0.15) is 35.3 Å². The molecule has 1 aromatic heterocycles. The highest BCUT2D eigenvalue weighted by Gasteiger charge is 2.45. The molecule has 9 nitrogen and oxygen atoms in total. The SMILES string of the molecule is Cc1nc(C(=O)NCc2ccc(F)c(Cl)c2)cc(C2=NOC(C)(C3COC(CO)CO3)C2)n1. The topological polar surface area (TPSA) is 115 Å². The average Bonchev–Trinajstić information content (AvgIpc) is 3.22. The second-order valence-electron chi connectivity index (χ2n) is 8.20. The van der Waals surface area contributed by atoms with E-state index in [2.05, 4.69) is 20.4 Å². The molecule has 4 rings (SSSR count). The van der Waals surface area contributed by atoms with E-state index in [1.165, 1.54) is 12.1 Å². The number of nitrogens with zero attached hydrogens (tertiary/aromatic N) is 3. The summed E-state index contributed by atoms with van der Waals surface area (Å²) in [6.07, 6.45) is -0.311. The number of carbonyl (C=O) groups is 1. The fourth-order valence-electron chi connectivity index (χ4n) is 3.62. The minimum atomic E-state index is -0.765. The Hall–Kier alpha value is -2.66. The molecule has 3 unspecified atom stereocenters. The number of rotatable bonds is 6. The number of hydrogen-bond acceptors (Lipinski definition) is 8. The minimum absolute atomic E-state index is 0.0107. The summed E-state index contributed by atoms with van der Waals surface area (Å²) >= 11 is 5.79. The van der Waals surface area contributed by atoms with Crippen molar-refractivity contribution < 1.29 is 28.6 Å². The predicted molar refractivity (Wildman–Crippen MR) is 117 cm³/mol. The molecule has 0 aliphatic carbocycles. The van der Waals surface area contributed by atoms with Gasteiger partial charge in [-0.1, -0.05) is 22.8 Å². The molecule has 1 amide bonds. The van der Waals surface area contributed by atoms with E-state index in [9.17, 15) is 14.3 Å². The molecular weight excluding hydrogens is 455 g/mol. The van der Waals surface area contributed by atoms with Crippen LogP contribution in [0.5, 0.6) is 0 Å². The van der Waals surface area contributed by atoms with E-state index in [0.717, 1.165) is 0 Å². The monoisotopic (exact) mass is 478 g/mol. The Morgan fingerprint density at radius 2 is 2.12 bits per heavy atom. The van der Waals surface area contributed by atoms with E-state index in [4.69, 9.17) is 25.9 Å². The minimum Gasteiger partial charge on any atom is -0.394 e. The van der Waals surface area contributed by atoms with Crippen LogP contribution in [-0.2, 0) is 20.9 Å². The first kappa shape index (κ1) is 23.5. The number of oxime groups is 1. The van der Waals surface area contributed by atoms with Crippen LogP contribution in [0.15, 0.2) is 29.4 Å². The lowest BCUT2D eigenvalue weighted by molar-refractivity contribution is -0.208. The summed E-state index contributed by atoms with van der Waals surface area (Å²) in [5, 5.41) is 16.1. The van der Waals surface area contributed by atoms with Crippen LogP contribution < -0.4 is 5.32 Å². The van der Waals surface area contributed by atoms with E-state index < -0.39 is 17.3 Å². The Morgan fingerprint density at radius 3 is 2.82 bits per heavy atom. The zero-order chi connectivity index (χ0) is 23.6. The second-order valence-corrected chi connectivity index (χ2v) is 8.60. The van der Waals surface area contributed by atoms with Gasteiger partial charge < -0.3 is 24.7 Å². The van der Waals surface area contributed by atoms with Crippen molar-refractivity contribution in [1.29, 1.82) is 0 Å². The van der Waals surface area contributed by atoms with Gasteiger partial charge in [-0.3, -0.25) is 4.79 Å². The van der Waals surface area contributed by atoms with E-state index in [0.29, 0.717) is 29.2 Å². The van der Waals surface area contributed by atoms with Gasteiger partial charge in [0.25, 0.3) is 5.91 Å². The fraction of sp³-hybridized carbons (Fsp3) is 0.455. The molecule has 1 saturated heterocycles. The first-order chi connectivity index (χ1) is 15.8. The Morgan fingerprint density at radius 1 is 1.30 bits per heavy atom. The number of aryl methyl sites for hydroxylation is 1. The number of halogens is 2. The van der Waals surface area contributed by atoms with Gasteiger partial charge in [-0.15, -0.1) is 0 Å². The van der Waals surface area contributed by atoms with Crippen molar-refractivity contribution in [3.63, 3.8) is 0 Å². The van der Waals surface area contributed by atoms with Gasteiger partial charge in [-0.25, -0.2) is 14.4 Å². The van der Waals surface area contributed by atoms with Crippen LogP contribution >= 0.6 is 11.6 Å². The van der Waals surface area contributed by atoms with E-state index >= 15 is 0 Å². The number of nitrogens with one attached hydrogen (secondary N) is 1. The first-order valence-corrected chi connectivity index (χ1v) is 10.8. The smallest absolute Gasteiger partial charge is 0.270 e. The number of aliphatic hydroxyl groups excluding tert-OH is 1. The molecule has 11 heteroatoms. The molecule has 3 heterocycles. The van der Waals surface area contributed by atoms with E-state index in [1.54, 1.807) is 19.1 Å². The molecule has 2 aliphatic heterocycles. The number of amides is 1. The number of benzene rings is 1. The lowest BCUT2D eigenvalue weighted by Gasteiger charge is -2.36. The Kier molecular flexibility index (Phi) is 6.89. The van der Waals surface area contributed by atoms with Crippen molar-refractivity contribution in [2.24, 2.45) is 5.16 Å². The molecule has 2 N–H and O–H groups in total. The molecule has 2 aromatic rings. The van der Waals surface area contributed by atoms with E-state index in [-0.39, 0.29) is 49.3 Å². The first-order valence-electron chi connectivity index (χ1n) is 10.4. The van der Waals surface area contributed by atoms with Gasteiger partial charge in [0.05, 0.1) is 30.5 Å². The number of aromatic nitrogens is 2. The highest BCUT2D eigenvalue weighted by molar-refractivity contribution is 6.30. The van der Waals surface area contributed by atoms with Gasteiger partial charge in [-0.05, 0) is 37.6 Å². The lowest BCUT2D eigenvalue weighted by Crippen LogP contribution is -2.50. The van der Waals surface area contributed by atoms with Crippen molar-refractivity contribution in [3.8, 4) is 0 Å². The summed E-state index contributed by atoms with van der Waals surface area (Å²) in [6.45, 7) is 4.15. The summed E-state index contributed by atoms with van der Waals surface area (Å²) in [7, 11) is 0. The molecule has 0 bridgehead atoms. The maximum absolute atomic E-state index is 13.3. The third-order valence-corrected chi connectivity index (χ3v) is 5.83. The largest absolute Gasteiger partial charge is 0.394 e. The van der Waals surface area contributed by atoms with Crippen molar-refractivity contribution in [3.05, 3.63) is 57.9 Å². The average molecular weight is 479 g/mol. The van der Waals surface area contributed by atoms with Crippen molar-refractivity contribution in [2.45, 2.75) is 44.6 Å². The van der Waals surface area contributed by atoms with Crippen LogP contribution in [0.1, 0.15) is 40.9 Å². The van der Waals surface area contributed by atoms with Crippen LogP contribution in [0.2, 0.25) is 5.02 Å². The third kappa shape index (κ3) is 5.30. The quantitative estimate of drug-likeness (QED) is 0.653. The second kappa shape index (κ2) is 9.68. The molecule has 2 aliphatic rings. The molecule has 0 radical (unpaired) electrons. The summed E-state index contributed by atoms with van der Waals surface area (Å²) in [5.74, 6) is -0.530. The zero-order valence-corrected chi connectivity index (χ0v) is 18.9. The van der Waals surface area contributed by atoms with Gasteiger partial charge >= 0.3 is 0 Å². The fourth-order valence-corrected chi connectivity index (χ4v) is 3.82. The normalized spacial score (nSPS) is 24.8. The van der Waals surface area contributed by atoms with Gasteiger partial charge in [0.15, 0.2) is 5.60 Å². The highest BCUT2D eigenvalue weighted by atomic mass is 35.5. The Labute approximate surface area is 194 Å². The molecule has 1 fully saturated rings. The maximum Gasteiger partial charge on any atom is 0.270 e. The van der Waals surface area contributed by atoms with E-state index in [1.807, 2.05) is 6.92 Å². The third-order valence-electron chi connectivity index (χ3n) is 5.54. The van der Waals surface area contributed by atoms with Crippen LogP contribution in [-0.4, -0.2) is 64.3 Å². The number of hydrogen-bond donors (Lipinski definition) is 2.